The molecule has 4 rings (SSSR count). The molecule has 2 aliphatic rings. The minimum Gasteiger partial charge on any atom is -0.484 e. The van der Waals surface area contributed by atoms with Crippen molar-refractivity contribution in [2.45, 2.75) is 24.7 Å². The summed E-state index contributed by atoms with van der Waals surface area (Å²) in [5.41, 5.74) is 1.10. The van der Waals surface area contributed by atoms with Gasteiger partial charge in [0.05, 0.1) is 0 Å². The predicted octanol–water partition coefficient (Wildman–Crippen LogP) is 2.57. The first-order valence-electron chi connectivity index (χ1n) is 10.3. The second-order valence-electron chi connectivity index (χ2n) is 7.63. The van der Waals surface area contributed by atoms with Gasteiger partial charge < -0.3 is 19.5 Å². The van der Waals surface area contributed by atoms with Gasteiger partial charge in [-0.2, -0.15) is 0 Å². The first kappa shape index (κ1) is 19.8. The lowest BCUT2D eigenvalue weighted by atomic mass is 9.90. The summed E-state index contributed by atoms with van der Waals surface area (Å²) in [6.45, 7) is 5.27. The van der Waals surface area contributed by atoms with Crippen LogP contribution in [0.5, 0.6) is 11.5 Å². The highest BCUT2D eigenvalue weighted by atomic mass is 16.6. The van der Waals surface area contributed by atoms with Gasteiger partial charge in [0.1, 0.15) is 12.7 Å². The van der Waals surface area contributed by atoms with Gasteiger partial charge >= 0.3 is 0 Å². The number of hydrogen-bond acceptors (Lipinski definition) is 5. The van der Waals surface area contributed by atoms with Crippen LogP contribution in [-0.2, 0) is 0 Å². The zero-order valence-electron chi connectivity index (χ0n) is 16.6. The summed E-state index contributed by atoms with van der Waals surface area (Å²) in [6, 6.07) is 17.9. The number of rotatable bonds is 6. The molecule has 1 saturated heterocycles. The summed E-state index contributed by atoms with van der Waals surface area (Å²) < 4.78 is 12.0. The summed E-state index contributed by atoms with van der Waals surface area (Å²) in [6.07, 6.45) is 5.55. The fourth-order valence-electron chi connectivity index (χ4n) is 4.11. The standard InChI is InChI=1S/C24H28N2O3/c1-2-21(27)20(19-8-4-3-5-9-19)12-13-25-14-16-26(17-15-25)24-18-28-22-10-6-7-11-23(22)29-24/h1,3-11,20-21,24,27H,12-18H2. The van der Waals surface area contributed by atoms with E-state index in [1.807, 2.05) is 54.6 Å². The van der Waals surface area contributed by atoms with Crippen LogP contribution < -0.4 is 9.47 Å². The molecule has 2 aromatic carbocycles. The van der Waals surface area contributed by atoms with Gasteiger partial charge in [-0.05, 0) is 30.7 Å². The summed E-state index contributed by atoms with van der Waals surface area (Å²) in [5, 5.41) is 10.3. The van der Waals surface area contributed by atoms with Gasteiger partial charge in [0.25, 0.3) is 0 Å². The van der Waals surface area contributed by atoms with E-state index in [1.54, 1.807) is 0 Å². The first-order valence-corrected chi connectivity index (χ1v) is 10.3. The molecule has 0 bridgehead atoms. The maximum absolute atomic E-state index is 10.3. The molecule has 3 atom stereocenters. The van der Waals surface area contributed by atoms with Crippen molar-refractivity contribution in [3.63, 3.8) is 0 Å². The molecule has 0 aliphatic carbocycles. The Morgan fingerprint density at radius 3 is 2.41 bits per heavy atom. The van der Waals surface area contributed by atoms with Crippen LogP contribution in [0.2, 0.25) is 0 Å². The Kier molecular flexibility index (Phi) is 6.36. The third-order valence-electron chi connectivity index (χ3n) is 5.84. The molecule has 5 heteroatoms. The summed E-state index contributed by atoms with van der Waals surface area (Å²) >= 11 is 0. The maximum Gasteiger partial charge on any atom is 0.187 e. The van der Waals surface area contributed by atoms with Crippen LogP contribution in [0.4, 0.5) is 0 Å². The highest BCUT2D eigenvalue weighted by molar-refractivity contribution is 5.40. The second kappa shape index (κ2) is 9.32. The highest BCUT2D eigenvalue weighted by Crippen LogP contribution is 2.32. The Morgan fingerprint density at radius 1 is 1.00 bits per heavy atom. The van der Waals surface area contributed by atoms with E-state index in [0.717, 1.165) is 56.2 Å². The minimum absolute atomic E-state index is 0.0348. The molecule has 0 radical (unpaired) electrons. The van der Waals surface area contributed by atoms with E-state index in [-0.39, 0.29) is 12.1 Å². The molecule has 2 aromatic rings. The van der Waals surface area contributed by atoms with Crippen LogP contribution in [-0.4, -0.2) is 66.6 Å². The summed E-state index contributed by atoms with van der Waals surface area (Å²) in [7, 11) is 0. The minimum atomic E-state index is -0.758. The second-order valence-corrected chi connectivity index (χ2v) is 7.63. The van der Waals surface area contributed by atoms with Gasteiger partial charge in [0.2, 0.25) is 0 Å². The molecule has 2 heterocycles. The number of ether oxygens (including phenoxy) is 2. The van der Waals surface area contributed by atoms with Gasteiger partial charge in [-0.25, -0.2) is 0 Å². The zero-order valence-corrected chi connectivity index (χ0v) is 16.6. The number of hydrogen-bond donors (Lipinski definition) is 1. The van der Waals surface area contributed by atoms with Crippen molar-refractivity contribution in [3.8, 4) is 23.8 Å². The van der Waals surface area contributed by atoms with Gasteiger partial charge in [-0.3, -0.25) is 4.90 Å². The Labute approximate surface area is 172 Å². The van der Waals surface area contributed by atoms with E-state index in [4.69, 9.17) is 15.9 Å². The molecule has 0 aromatic heterocycles. The number of aliphatic hydroxyl groups is 1. The van der Waals surface area contributed by atoms with Gasteiger partial charge in [0.15, 0.2) is 17.7 Å². The van der Waals surface area contributed by atoms with E-state index in [2.05, 4.69) is 15.7 Å². The van der Waals surface area contributed by atoms with Crippen molar-refractivity contribution in [1.82, 2.24) is 9.80 Å². The van der Waals surface area contributed by atoms with Gasteiger partial charge in [0, 0.05) is 32.1 Å². The highest BCUT2D eigenvalue weighted by Gasteiger charge is 2.30. The summed E-state index contributed by atoms with van der Waals surface area (Å²) in [5.74, 6) is 4.11. The number of aliphatic hydroxyl groups excluding tert-OH is 1. The van der Waals surface area contributed by atoms with Crippen LogP contribution in [0.3, 0.4) is 0 Å². The third kappa shape index (κ3) is 4.73. The molecule has 152 valence electrons. The van der Waals surface area contributed by atoms with Crippen molar-refractivity contribution < 1.29 is 14.6 Å². The van der Waals surface area contributed by atoms with Crippen LogP contribution in [0.25, 0.3) is 0 Å². The normalized spacial score (nSPS) is 21.9. The number of piperazine rings is 1. The van der Waals surface area contributed by atoms with E-state index in [9.17, 15) is 5.11 Å². The number of fused-ring (bicyclic) bond motifs is 1. The van der Waals surface area contributed by atoms with Crippen LogP contribution in [0, 0.1) is 12.3 Å². The van der Waals surface area contributed by atoms with E-state index in [1.165, 1.54) is 0 Å². The first-order chi connectivity index (χ1) is 14.2. The SMILES string of the molecule is C#CC(O)C(CCN1CCN(C2COc3ccccc3O2)CC1)c1ccccc1. The molecule has 1 fully saturated rings. The number of terminal acetylenes is 1. The van der Waals surface area contributed by atoms with Crippen molar-refractivity contribution in [1.29, 1.82) is 0 Å². The largest absolute Gasteiger partial charge is 0.484 e. The average Bonchev–Trinajstić information content (AvgIpc) is 2.80. The van der Waals surface area contributed by atoms with E-state index >= 15 is 0 Å². The average molecular weight is 392 g/mol. The van der Waals surface area contributed by atoms with Crippen LogP contribution in [0.15, 0.2) is 54.6 Å². The van der Waals surface area contributed by atoms with Crippen molar-refractivity contribution in [2.75, 3.05) is 39.3 Å². The molecule has 5 nitrogen and oxygen atoms in total. The lowest BCUT2D eigenvalue weighted by Gasteiger charge is -2.40. The quantitative estimate of drug-likeness (QED) is 0.766. The number of para-hydroxylation sites is 2. The maximum atomic E-state index is 10.3. The fraction of sp³-hybridized carbons (Fsp3) is 0.417. The molecular formula is C24H28N2O3. The Hall–Kier alpha value is -2.52. The monoisotopic (exact) mass is 392 g/mol. The van der Waals surface area contributed by atoms with Crippen molar-refractivity contribution >= 4 is 0 Å². The van der Waals surface area contributed by atoms with Gasteiger partial charge in [-0.1, -0.05) is 48.4 Å². The Bertz CT molecular complexity index is 828. The molecule has 0 spiro atoms. The molecule has 0 amide bonds. The topological polar surface area (TPSA) is 45.2 Å². The zero-order chi connectivity index (χ0) is 20.1. The third-order valence-corrected chi connectivity index (χ3v) is 5.84. The molecule has 3 unspecified atom stereocenters. The fourth-order valence-corrected chi connectivity index (χ4v) is 4.11. The smallest absolute Gasteiger partial charge is 0.187 e. The predicted molar refractivity (Wildman–Crippen MR) is 113 cm³/mol. The Morgan fingerprint density at radius 2 is 1.69 bits per heavy atom. The van der Waals surface area contributed by atoms with E-state index in [0.29, 0.717) is 6.61 Å². The Balaban J connectivity index is 1.28. The van der Waals surface area contributed by atoms with E-state index < -0.39 is 6.10 Å². The summed E-state index contributed by atoms with van der Waals surface area (Å²) in [4.78, 5) is 4.78. The number of benzene rings is 2. The lowest BCUT2D eigenvalue weighted by Crippen LogP contribution is -2.54. The number of nitrogens with zero attached hydrogens (tertiary/aromatic N) is 2. The van der Waals surface area contributed by atoms with Crippen LogP contribution in [0.1, 0.15) is 17.9 Å². The van der Waals surface area contributed by atoms with Crippen molar-refractivity contribution in [2.24, 2.45) is 0 Å². The van der Waals surface area contributed by atoms with Gasteiger partial charge in [-0.15, -0.1) is 6.42 Å². The lowest BCUT2D eigenvalue weighted by molar-refractivity contribution is -0.0496. The van der Waals surface area contributed by atoms with Crippen LogP contribution >= 0.6 is 0 Å². The molecule has 0 saturated carbocycles. The molecule has 1 N–H and O–H groups in total. The molecule has 2 aliphatic heterocycles. The molecule has 29 heavy (non-hydrogen) atoms. The molecular weight excluding hydrogens is 364 g/mol. The van der Waals surface area contributed by atoms with Crippen molar-refractivity contribution in [3.05, 3.63) is 60.2 Å².